The molecule has 0 aliphatic carbocycles. The molecule has 0 aliphatic heterocycles. The second-order valence-electron chi connectivity index (χ2n) is 1.20. The minimum absolute atomic E-state index is 0.549. The Kier molecular flexibility index (Phi) is 1.70. The Labute approximate surface area is 56.0 Å². The third-order valence-corrected chi connectivity index (χ3v) is 1.10. The lowest BCUT2D eigenvalue weighted by atomic mass is 10.6. The molecule has 0 fully saturated rings. The minimum Gasteiger partial charge on any atom is -0.198 e. The summed E-state index contributed by atoms with van der Waals surface area (Å²) < 4.78 is 0. The van der Waals surface area contributed by atoms with Crippen LogP contribution in [0.25, 0.3) is 0 Å². The van der Waals surface area contributed by atoms with Crippen molar-refractivity contribution < 1.29 is 0 Å². The van der Waals surface area contributed by atoms with Crippen LogP contribution in [-0.4, -0.2) is 15.4 Å². The van der Waals surface area contributed by atoms with Gasteiger partial charge in [-0.15, -0.1) is 0 Å². The Hall–Kier alpha value is -0.280. The van der Waals surface area contributed by atoms with Crippen LogP contribution in [0.5, 0.6) is 0 Å². The zero-order valence-electron chi connectivity index (χ0n) is 3.81. The first kappa shape index (κ1) is 5.85. The van der Waals surface area contributed by atoms with Crippen LogP contribution in [0.2, 0.25) is 0 Å². The quantitative estimate of drug-likeness (QED) is 0.615. The van der Waals surface area contributed by atoms with Gasteiger partial charge in [0, 0.05) is 0 Å². The average Bonchev–Trinajstić information content (AvgIpc) is 2.12. The molecule has 0 radical (unpaired) electrons. The monoisotopic (exact) mass is 151 g/mol. The molecule has 8 heavy (non-hydrogen) atoms. The van der Waals surface area contributed by atoms with Gasteiger partial charge in [-0.3, -0.25) is 0 Å². The summed E-state index contributed by atoms with van der Waals surface area (Å²) in [5.74, 6) is 0. The molecule has 0 spiro atoms. The molecule has 1 aromatic rings. The van der Waals surface area contributed by atoms with E-state index in [1.165, 1.54) is 6.20 Å². The summed E-state index contributed by atoms with van der Waals surface area (Å²) in [7, 11) is 0. The first-order valence-electron chi connectivity index (χ1n) is 1.94. The van der Waals surface area contributed by atoms with Crippen LogP contribution < -0.4 is 0 Å². The summed E-state index contributed by atoms with van der Waals surface area (Å²) in [5, 5.41) is 9.50. The number of nitrogens with one attached hydrogen (secondary N) is 1. The van der Waals surface area contributed by atoms with Crippen molar-refractivity contribution in [2.75, 3.05) is 0 Å². The fourth-order valence-electron chi connectivity index (χ4n) is 0.316. The lowest BCUT2D eigenvalue weighted by Gasteiger charge is -1.87. The Bertz CT molecular complexity index is 148. The second kappa shape index (κ2) is 2.33. The highest BCUT2D eigenvalue weighted by Gasteiger charge is 2.03. The normalized spacial score (nSPS) is 10.4. The molecule has 0 atom stereocenters. The summed E-state index contributed by atoms with van der Waals surface area (Å²) in [5.41, 5.74) is 0.549. The molecule has 44 valence electrons. The van der Waals surface area contributed by atoms with Crippen LogP contribution in [0.15, 0.2) is 6.20 Å². The lowest BCUT2D eigenvalue weighted by molar-refractivity contribution is 0.923. The van der Waals surface area contributed by atoms with Crippen molar-refractivity contribution >= 4 is 23.2 Å². The maximum atomic E-state index is 5.39. The van der Waals surface area contributed by atoms with Gasteiger partial charge in [0.25, 0.3) is 0 Å². The number of halogens is 2. The highest BCUT2D eigenvalue weighted by Crippen LogP contribution is 2.20. The number of hydrogen-bond acceptors (Lipinski definition) is 2. The fourth-order valence-corrected chi connectivity index (χ4v) is 0.526. The maximum Gasteiger partial charge on any atom is 0.153 e. The summed E-state index contributed by atoms with van der Waals surface area (Å²) in [4.78, 5) is -0.575. The summed E-state index contributed by atoms with van der Waals surface area (Å²) in [6.07, 6.45) is 1.48. The predicted octanol–water partition coefficient (Wildman–Crippen LogP) is 1.28. The first-order valence-corrected chi connectivity index (χ1v) is 2.82. The molecule has 3 nitrogen and oxygen atoms in total. The molecule has 0 saturated heterocycles. The Morgan fingerprint density at radius 2 is 2.38 bits per heavy atom. The van der Waals surface area contributed by atoms with E-state index < -0.39 is 4.84 Å². The van der Waals surface area contributed by atoms with Gasteiger partial charge in [0.05, 0.1) is 6.20 Å². The van der Waals surface area contributed by atoms with E-state index >= 15 is 0 Å². The number of H-pyrrole nitrogens is 1. The SMILES string of the molecule is ClC(Cl)c1cn[nH]n1. The van der Waals surface area contributed by atoms with E-state index in [1.54, 1.807) is 0 Å². The average molecular weight is 152 g/mol. The standard InChI is InChI=1S/C3H3Cl2N3/c4-3(5)2-1-6-8-7-2/h1,3H,(H,6,7,8). The number of nitrogens with zero attached hydrogens (tertiary/aromatic N) is 2. The second-order valence-corrected chi connectivity index (χ2v) is 2.29. The van der Waals surface area contributed by atoms with Gasteiger partial charge in [0.1, 0.15) is 5.69 Å². The molecule has 0 unspecified atom stereocenters. The van der Waals surface area contributed by atoms with Crippen LogP contribution in [-0.2, 0) is 0 Å². The van der Waals surface area contributed by atoms with Gasteiger partial charge in [-0.2, -0.15) is 15.4 Å². The van der Waals surface area contributed by atoms with Crippen molar-refractivity contribution in [3.63, 3.8) is 0 Å². The maximum absolute atomic E-state index is 5.39. The molecule has 0 aliphatic rings. The van der Waals surface area contributed by atoms with E-state index in [0.717, 1.165) is 0 Å². The van der Waals surface area contributed by atoms with E-state index in [4.69, 9.17) is 23.2 Å². The molecule has 1 N–H and O–H groups in total. The third kappa shape index (κ3) is 1.11. The van der Waals surface area contributed by atoms with Gasteiger partial charge < -0.3 is 0 Å². The van der Waals surface area contributed by atoms with Crippen LogP contribution in [0.4, 0.5) is 0 Å². The van der Waals surface area contributed by atoms with Gasteiger partial charge in [0.2, 0.25) is 0 Å². The van der Waals surface area contributed by atoms with Crippen molar-refractivity contribution in [3.05, 3.63) is 11.9 Å². The van der Waals surface area contributed by atoms with E-state index in [9.17, 15) is 0 Å². The molecular formula is C3H3Cl2N3. The number of hydrogen-bond donors (Lipinski definition) is 1. The van der Waals surface area contributed by atoms with Crippen molar-refractivity contribution in [3.8, 4) is 0 Å². The van der Waals surface area contributed by atoms with Gasteiger partial charge in [-0.05, 0) is 0 Å². The van der Waals surface area contributed by atoms with Gasteiger partial charge >= 0.3 is 0 Å². The Morgan fingerprint density at radius 3 is 2.62 bits per heavy atom. The van der Waals surface area contributed by atoms with E-state index in [2.05, 4.69) is 15.4 Å². The minimum atomic E-state index is -0.575. The van der Waals surface area contributed by atoms with Crippen LogP contribution in [0.3, 0.4) is 0 Å². The first-order chi connectivity index (χ1) is 3.80. The molecule has 0 bridgehead atoms. The van der Waals surface area contributed by atoms with Gasteiger partial charge in [-0.1, -0.05) is 23.2 Å². The van der Waals surface area contributed by atoms with Crippen molar-refractivity contribution in [2.24, 2.45) is 0 Å². The number of aromatic nitrogens is 3. The smallest absolute Gasteiger partial charge is 0.153 e. The summed E-state index contributed by atoms with van der Waals surface area (Å²) in [6, 6.07) is 0. The van der Waals surface area contributed by atoms with Crippen LogP contribution in [0, 0.1) is 0 Å². The number of alkyl halides is 2. The summed E-state index contributed by atoms with van der Waals surface area (Å²) in [6.45, 7) is 0. The molecule has 5 heteroatoms. The molecular weight excluding hydrogens is 149 g/mol. The molecule has 1 heterocycles. The lowest BCUT2D eigenvalue weighted by Crippen LogP contribution is -1.78. The highest BCUT2D eigenvalue weighted by molar-refractivity contribution is 6.43. The largest absolute Gasteiger partial charge is 0.198 e. The highest BCUT2D eigenvalue weighted by atomic mass is 35.5. The topological polar surface area (TPSA) is 41.6 Å². The zero-order valence-corrected chi connectivity index (χ0v) is 5.32. The predicted molar refractivity (Wildman–Crippen MR) is 30.8 cm³/mol. The van der Waals surface area contributed by atoms with E-state index in [0.29, 0.717) is 5.69 Å². The van der Waals surface area contributed by atoms with E-state index in [-0.39, 0.29) is 0 Å². The molecule has 0 aromatic carbocycles. The molecule has 0 amide bonds. The van der Waals surface area contributed by atoms with Gasteiger partial charge in [-0.25, -0.2) is 0 Å². The third-order valence-electron chi connectivity index (χ3n) is 0.657. The van der Waals surface area contributed by atoms with E-state index in [1.807, 2.05) is 0 Å². The van der Waals surface area contributed by atoms with Crippen LogP contribution >= 0.6 is 23.2 Å². The van der Waals surface area contributed by atoms with Crippen molar-refractivity contribution in [1.82, 2.24) is 15.4 Å². The molecule has 0 saturated carbocycles. The Balaban J connectivity index is 2.77. The van der Waals surface area contributed by atoms with Crippen LogP contribution in [0.1, 0.15) is 10.5 Å². The fraction of sp³-hybridized carbons (Fsp3) is 0.333. The molecule has 1 aromatic heterocycles. The van der Waals surface area contributed by atoms with Crippen molar-refractivity contribution in [1.29, 1.82) is 0 Å². The number of rotatable bonds is 1. The Morgan fingerprint density at radius 1 is 1.62 bits per heavy atom. The number of aromatic amines is 1. The van der Waals surface area contributed by atoms with Gasteiger partial charge in [0.15, 0.2) is 4.84 Å². The summed E-state index contributed by atoms with van der Waals surface area (Å²) >= 11 is 10.8. The zero-order chi connectivity index (χ0) is 5.98. The van der Waals surface area contributed by atoms with Crippen molar-refractivity contribution in [2.45, 2.75) is 4.84 Å². The molecule has 1 rings (SSSR count).